The molecule has 228 valence electrons. The maximum absolute atomic E-state index is 16.2. The van der Waals surface area contributed by atoms with Gasteiger partial charge in [-0.25, -0.2) is 18.7 Å². The number of fused-ring (bicyclic) bond motifs is 5. The molecule has 6 rings (SSSR count). The topological polar surface area (TPSA) is 114 Å². The fourth-order valence-electron chi connectivity index (χ4n) is 6.26. The number of piperazine rings is 1. The zero-order valence-electron chi connectivity index (χ0n) is 25.2. The molecule has 1 amide bonds. The summed E-state index contributed by atoms with van der Waals surface area (Å²) in [6.07, 6.45) is 4.14. The maximum atomic E-state index is 16.2. The van der Waals surface area contributed by atoms with E-state index < -0.39 is 11.5 Å². The Morgan fingerprint density at radius 1 is 1.18 bits per heavy atom. The van der Waals surface area contributed by atoms with Gasteiger partial charge in [0.15, 0.2) is 23.0 Å². The fraction of sp³-hybridized carbons (Fsp3) is 0.364. The van der Waals surface area contributed by atoms with Crippen molar-refractivity contribution in [3.05, 3.63) is 76.7 Å². The molecule has 1 fully saturated rings. The highest BCUT2D eigenvalue weighted by Crippen LogP contribution is 2.40. The number of aromatic hydroxyl groups is 1. The molecule has 44 heavy (non-hydrogen) atoms. The number of aryl methyl sites for hydroxylation is 1. The second kappa shape index (κ2) is 11.4. The number of pyridine rings is 2. The Morgan fingerprint density at radius 2 is 1.98 bits per heavy atom. The first kappa shape index (κ1) is 29.3. The average Bonchev–Trinajstić information content (AvgIpc) is 2.99. The van der Waals surface area contributed by atoms with Gasteiger partial charge < -0.3 is 19.6 Å². The molecule has 3 aromatic heterocycles. The van der Waals surface area contributed by atoms with Gasteiger partial charge in [-0.05, 0) is 68.5 Å². The second-order valence-electron chi connectivity index (χ2n) is 11.8. The highest BCUT2D eigenvalue weighted by molar-refractivity contribution is 5.92. The summed E-state index contributed by atoms with van der Waals surface area (Å²) in [6, 6.07) is 7.49. The lowest BCUT2D eigenvalue weighted by molar-refractivity contribution is -0.128. The molecule has 0 spiro atoms. The van der Waals surface area contributed by atoms with Gasteiger partial charge in [0.1, 0.15) is 11.5 Å². The second-order valence-corrected chi connectivity index (χ2v) is 11.8. The number of aromatic nitrogens is 4. The summed E-state index contributed by atoms with van der Waals surface area (Å²) in [5.41, 5.74) is 2.00. The molecule has 5 heterocycles. The number of ether oxygens (including phenoxy) is 1. The summed E-state index contributed by atoms with van der Waals surface area (Å²) in [5.74, 6) is -0.578. The van der Waals surface area contributed by atoms with Crippen LogP contribution >= 0.6 is 0 Å². The van der Waals surface area contributed by atoms with Crippen LogP contribution in [0.2, 0.25) is 0 Å². The van der Waals surface area contributed by atoms with Crippen LogP contribution in [-0.2, 0) is 11.2 Å². The van der Waals surface area contributed by atoms with Crippen molar-refractivity contribution < 1.29 is 19.0 Å². The molecule has 2 atom stereocenters. The number of carbonyl (C=O) groups excluding carboxylic acids is 1. The summed E-state index contributed by atoms with van der Waals surface area (Å²) < 4.78 is 23.7. The third kappa shape index (κ3) is 4.86. The SMILES string of the molecule is C=CC(=O)N1C[C@H](C)N(c2nc(=O)n3c4nc(c(F)cc24)-c2cccc(O)c2OCCCc2ccnc(C(C)C)c2-3)C[C@H]1C. The summed E-state index contributed by atoms with van der Waals surface area (Å²) in [6.45, 7) is 12.5. The first-order valence-corrected chi connectivity index (χ1v) is 14.9. The van der Waals surface area contributed by atoms with Gasteiger partial charge in [0, 0.05) is 36.9 Å². The number of phenols is 1. The lowest BCUT2D eigenvalue weighted by Crippen LogP contribution is -2.58. The smallest absolute Gasteiger partial charge is 0.355 e. The lowest BCUT2D eigenvalue weighted by Gasteiger charge is -2.44. The molecule has 0 saturated carbocycles. The van der Waals surface area contributed by atoms with E-state index >= 15 is 4.39 Å². The Kier molecular flexibility index (Phi) is 7.56. The quantitative estimate of drug-likeness (QED) is 0.336. The third-order valence-electron chi connectivity index (χ3n) is 8.41. The Morgan fingerprint density at radius 3 is 2.73 bits per heavy atom. The van der Waals surface area contributed by atoms with Crippen molar-refractivity contribution in [2.24, 2.45) is 0 Å². The molecule has 2 aliphatic rings. The molecule has 1 N–H and O–H groups in total. The van der Waals surface area contributed by atoms with Crippen LogP contribution in [-0.4, -0.2) is 67.2 Å². The molecular formula is C33H35FN6O4. The van der Waals surface area contributed by atoms with Gasteiger partial charge in [-0.3, -0.25) is 9.78 Å². The van der Waals surface area contributed by atoms with E-state index in [1.165, 1.54) is 22.8 Å². The molecule has 2 bridgehead atoms. The Bertz CT molecular complexity index is 1850. The molecule has 10 nitrogen and oxygen atoms in total. The number of rotatable bonds is 3. The lowest BCUT2D eigenvalue weighted by atomic mass is 10.0. The maximum Gasteiger partial charge on any atom is 0.355 e. The fourth-order valence-corrected chi connectivity index (χ4v) is 6.26. The number of amides is 1. The van der Waals surface area contributed by atoms with Crippen molar-refractivity contribution in [1.29, 1.82) is 0 Å². The van der Waals surface area contributed by atoms with Gasteiger partial charge in [-0.2, -0.15) is 4.98 Å². The molecule has 0 aliphatic carbocycles. The minimum atomic E-state index is -0.657. The highest BCUT2D eigenvalue weighted by Gasteiger charge is 2.34. The van der Waals surface area contributed by atoms with Crippen molar-refractivity contribution in [3.8, 4) is 28.4 Å². The number of halogens is 1. The van der Waals surface area contributed by atoms with Crippen LogP contribution in [0, 0.1) is 5.82 Å². The zero-order chi connectivity index (χ0) is 31.3. The van der Waals surface area contributed by atoms with Gasteiger partial charge >= 0.3 is 5.69 Å². The van der Waals surface area contributed by atoms with Crippen molar-refractivity contribution in [3.63, 3.8) is 0 Å². The van der Waals surface area contributed by atoms with E-state index in [4.69, 9.17) is 9.72 Å². The average molecular weight is 599 g/mol. The van der Waals surface area contributed by atoms with E-state index in [1.807, 2.05) is 38.7 Å². The van der Waals surface area contributed by atoms with Crippen LogP contribution in [0.1, 0.15) is 51.3 Å². The van der Waals surface area contributed by atoms with Crippen LogP contribution in [0.4, 0.5) is 10.2 Å². The highest BCUT2D eigenvalue weighted by atomic mass is 19.1. The number of nitrogens with zero attached hydrogens (tertiary/aromatic N) is 6. The molecule has 1 aromatic carbocycles. The van der Waals surface area contributed by atoms with E-state index in [9.17, 15) is 14.7 Å². The van der Waals surface area contributed by atoms with Gasteiger partial charge in [-0.1, -0.05) is 26.5 Å². The Balaban J connectivity index is 1.68. The van der Waals surface area contributed by atoms with Crippen molar-refractivity contribution in [1.82, 2.24) is 24.4 Å². The molecule has 4 aromatic rings. The zero-order valence-corrected chi connectivity index (χ0v) is 25.2. The summed E-state index contributed by atoms with van der Waals surface area (Å²) >= 11 is 0. The summed E-state index contributed by atoms with van der Waals surface area (Å²) in [4.78, 5) is 44.4. The van der Waals surface area contributed by atoms with Crippen LogP contribution in [0.5, 0.6) is 11.5 Å². The van der Waals surface area contributed by atoms with E-state index in [1.54, 1.807) is 23.2 Å². The number of hydrogen-bond acceptors (Lipinski definition) is 8. The summed E-state index contributed by atoms with van der Waals surface area (Å²) in [5, 5.41) is 11.0. The van der Waals surface area contributed by atoms with Gasteiger partial charge in [0.25, 0.3) is 0 Å². The Labute approximate surface area is 254 Å². The number of anilines is 1. The molecular weight excluding hydrogens is 563 g/mol. The van der Waals surface area contributed by atoms with Crippen LogP contribution in [0.3, 0.4) is 0 Å². The van der Waals surface area contributed by atoms with Crippen LogP contribution < -0.4 is 15.3 Å². The first-order chi connectivity index (χ1) is 21.1. The van der Waals surface area contributed by atoms with E-state index in [2.05, 4.69) is 16.5 Å². The minimum absolute atomic E-state index is 0.0373. The van der Waals surface area contributed by atoms with E-state index in [0.717, 1.165) is 5.56 Å². The molecule has 11 heteroatoms. The minimum Gasteiger partial charge on any atom is -0.504 e. The number of phenolic OH excluding ortho intramolecular Hbond substituents is 1. The van der Waals surface area contributed by atoms with E-state index in [-0.39, 0.29) is 58.9 Å². The molecule has 0 unspecified atom stereocenters. The number of carbonyl (C=O) groups is 1. The van der Waals surface area contributed by atoms with Crippen molar-refractivity contribution >= 4 is 22.8 Å². The third-order valence-corrected chi connectivity index (χ3v) is 8.41. The number of hydrogen-bond donors (Lipinski definition) is 1. The number of para-hydroxylation sites is 1. The van der Waals surface area contributed by atoms with Gasteiger partial charge in [0.2, 0.25) is 5.91 Å². The predicted octanol–water partition coefficient (Wildman–Crippen LogP) is 4.75. The molecule has 2 aliphatic heterocycles. The monoisotopic (exact) mass is 598 g/mol. The summed E-state index contributed by atoms with van der Waals surface area (Å²) in [7, 11) is 0. The van der Waals surface area contributed by atoms with E-state index in [0.29, 0.717) is 48.5 Å². The normalized spacial score (nSPS) is 18.3. The van der Waals surface area contributed by atoms with Crippen molar-refractivity contribution in [2.45, 2.75) is 58.5 Å². The largest absolute Gasteiger partial charge is 0.504 e. The van der Waals surface area contributed by atoms with Gasteiger partial charge in [-0.15, -0.1) is 0 Å². The first-order valence-electron chi connectivity index (χ1n) is 14.9. The standard InChI is InChI=1S/C33H35FN6O4/c1-6-26(42)38-16-20(5)39(17-19(38)4)31-23-15-24(34)28-22-10-7-11-25(41)30(22)44-14-8-9-21-12-13-35-27(18(2)3)29(21)40(32(23)36-28)33(43)37-31/h6-7,10-13,15,18-20,41H,1,8-9,14,16-17H2,2-5H3/t19-,20+/m1/s1. The predicted molar refractivity (Wildman–Crippen MR) is 166 cm³/mol. The van der Waals surface area contributed by atoms with Crippen LogP contribution in [0.15, 0.2) is 54.0 Å². The molecule has 1 saturated heterocycles. The Hall–Kier alpha value is -4.80. The van der Waals surface area contributed by atoms with Crippen LogP contribution in [0.25, 0.3) is 28.0 Å². The van der Waals surface area contributed by atoms with Gasteiger partial charge in [0.05, 0.1) is 23.4 Å². The van der Waals surface area contributed by atoms with Crippen molar-refractivity contribution in [2.75, 3.05) is 24.6 Å². The number of benzene rings is 1. The molecule has 0 radical (unpaired) electrons.